The third-order valence-electron chi connectivity index (χ3n) is 8.14. The summed E-state index contributed by atoms with van der Waals surface area (Å²) in [5.74, 6) is 0. The summed E-state index contributed by atoms with van der Waals surface area (Å²) in [5, 5.41) is 0. The van der Waals surface area contributed by atoms with Crippen LogP contribution in [0.1, 0.15) is 201 Å². The molecule has 0 N–H and O–H groups in total. The molecule has 0 amide bonds. The Morgan fingerprint density at radius 1 is 0.353 bits per heavy atom. The largest absolute Gasteiger partial charge is 0.422 e. The molecule has 0 unspecified atom stereocenters. The van der Waals surface area contributed by atoms with Gasteiger partial charge in [-0.1, -0.05) is 181 Å². The van der Waals surface area contributed by atoms with E-state index in [2.05, 4.69) is 20.8 Å². The van der Waals surface area contributed by atoms with Crippen molar-refractivity contribution in [1.29, 1.82) is 0 Å². The fraction of sp³-hybridized carbons (Fsp3) is 1.00. The fourth-order valence-corrected chi connectivity index (χ4v) is 6.21. The van der Waals surface area contributed by atoms with Crippen molar-refractivity contribution in [2.24, 2.45) is 0 Å². The lowest BCUT2D eigenvalue weighted by atomic mass is 9.85. The van der Waals surface area contributed by atoms with Crippen molar-refractivity contribution in [3.63, 3.8) is 0 Å². The highest BCUT2D eigenvalue weighted by molar-refractivity contribution is 5.98. The monoisotopic (exact) mass is 497 g/mol. The summed E-state index contributed by atoms with van der Waals surface area (Å²) in [6.07, 6.45) is 39.6. The summed E-state index contributed by atoms with van der Waals surface area (Å²) in [7, 11) is 0.908. The summed E-state index contributed by atoms with van der Waals surface area (Å²) in [6.45, 7) is 6.94. The topological polar surface area (TPSA) is 9.23 Å². The Hall–Kier alpha value is 0.177. The number of hydrogen-bond acceptors (Lipinski definition) is 1. The van der Waals surface area contributed by atoms with Gasteiger partial charge < -0.3 is 4.43 Å². The standard InChI is InChI=1S/C32H68OSi/c1-4-7-10-13-16-19-22-25-28-31-32(33-34,29-26-23-20-17-14-11-8-5-2)30-27-24-21-18-15-12-9-6-3/h4-31H2,1-3,34H3. The predicted octanol–water partition coefficient (Wildman–Crippen LogP) is 11.0. The number of rotatable bonds is 29. The van der Waals surface area contributed by atoms with Gasteiger partial charge in [0.25, 0.3) is 0 Å². The van der Waals surface area contributed by atoms with Gasteiger partial charge in [0.2, 0.25) is 0 Å². The Labute approximate surface area is 220 Å². The van der Waals surface area contributed by atoms with Crippen LogP contribution in [-0.4, -0.2) is 16.1 Å². The highest BCUT2D eigenvalue weighted by Gasteiger charge is 2.27. The molecule has 0 rings (SSSR count). The maximum absolute atomic E-state index is 6.47. The summed E-state index contributed by atoms with van der Waals surface area (Å²) < 4.78 is 6.47. The van der Waals surface area contributed by atoms with E-state index in [4.69, 9.17) is 4.43 Å². The molecular formula is C32H68OSi. The predicted molar refractivity (Wildman–Crippen MR) is 160 cm³/mol. The third kappa shape index (κ3) is 22.6. The van der Waals surface area contributed by atoms with Crippen LogP contribution in [0.25, 0.3) is 0 Å². The van der Waals surface area contributed by atoms with Crippen molar-refractivity contribution in [3.05, 3.63) is 0 Å². The number of unbranched alkanes of at least 4 members (excludes halogenated alkanes) is 22. The van der Waals surface area contributed by atoms with E-state index in [9.17, 15) is 0 Å². The van der Waals surface area contributed by atoms with E-state index in [-0.39, 0.29) is 5.60 Å². The van der Waals surface area contributed by atoms with E-state index >= 15 is 0 Å². The van der Waals surface area contributed by atoms with Crippen LogP contribution in [0, 0.1) is 0 Å². The molecule has 1 nitrogen and oxygen atoms in total. The van der Waals surface area contributed by atoms with Crippen LogP contribution in [-0.2, 0) is 4.43 Å². The second kappa shape index (κ2) is 27.8. The van der Waals surface area contributed by atoms with Crippen LogP contribution in [0.15, 0.2) is 0 Å². The van der Waals surface area contributed by atoms with Gasteiger partial charge >= 0.3 is 0 Å². The van der Waals surface area contributed by atoms with Gasteiger partial charge in [-0.2, -0.15) is 0 Å². The molecule has 0 atom stereocenters. The fourth-order valence-electron chi connectivity index (χ4n) is 5.60. The highest BCUT2D eigenvalue weighted by atomic mass is 28.2. The van der Waals surface area contributed by atoms with Gasteiger partial charge in [-0.05, 0) is 19.3 Å². The van der Waals surface area contributed by atoms with Crippen molar-refractivity contribution in [1.82, 2.24) is 0 Å². The molecular weight excluding hydrogens is 428 g/mol. The van der Waals surface area contributed by atoms with Crippen LogP contribution in [0.5, 0.6) is 0 Å². The van der Waals surface area contributed by atoms with Crippen molar-refractivity contribution in [2.45, 2.75) is 206 Å². The molecule has 0 aliphatic heterocycles. The quantitative estimate of drug-likeness (QED) is 0.0738. The molecule has 206 valence electrons. The summed E-state index contributed by atoms with van der Waals surface area (Å²) in [4.78, 5) is 0. The molecule has 0 aromatic carbocycles. The number of hydrogen-bond donors (Lipinski definition) is 0. The van der Waals surface area contributed by atoms with Crippen molar-refractivity contribution >= 4 is 10.5 Å². The van der Waals surface area contributed by atoms with Crippen molar-refractivity contribution in [2.75, 3.05) is 0 Å². The van der Waals surface area contributed by atoms with Gasteiger partial charge in [0.05, 0.1) is 5.60 Å². The SMILES string of the molecule is CCCCCCCCCCCC(CCCCCCCCCC)(CCCCCCCCCC)O[SiH3]. The smallest absolute Gasteiger partial charge is 0.146 e. The average molecular weight is 497 g/mol. The lowest BCUT2D eigenvalue weighted by Crippen LogP contribution is -2.32. The van der Waals surface area contributed by atoms with E-state index in [0.717, 1.165) is 10.5 Å². The Balaban J connectivity index is 4.22. The molecule has 0 heterocycles. The third-order valence-corrected chi connectivity index (χ3v) is 9.01. The molecule has 34 heavy (non-hydrogen) atoms. The van der Waals surface area contributed by atoms with Gasteiger partial charge in [0.1, 0.15) is 10.5 Å². The van der Waals surface area contributed by atoms with Crippen LogP contribution in [0.4, 0.5) is 0 Å². The maximum Gasteiger partial charge on any atom is 0.146 e. The highest BCUT2D eigenvalue weighted by Crippen LogP contribution is 2.32. The Kier molecular flexibility index (Phi) is 27.9. The first-order valence-corrected chi connectivity index (χ1v) is 17.1. The average Bonchev–Trinajstić information content (AvgIpc) is 2.85. The van der Waals surface area contributed by atoms with E-state index < -0.39 is 0 Å². The van der Waals surface area contributed by atoms with Crippen molar-refractivity contribution < 1.29 is 4.43 Å². The van der Waals surface area contributed by atoms with Crippen LogP contribution in [0.3, 0.4) is 0 Å². The first kappa shape index (κ1) is 34.2. The second-order valence-electron chi connectivity index (χ2n) is 11.4. The summed E-state index contributed by atoms with van der Waals surface area (Å²) in [5.41, 5.74) is 0.234. The molecule has 0 fully saturated rings. The lowest BCUT2D eigenvalue weighted by molar-refractivity contribution is 0.0422. The Morgan fingerprint density at radius 2 is 0.559 bits per heavy atom. The summed E-state index contributed by atoms with van der Waals surface area (Å²) >= 11 is 0. The van der Waals surface area contributed by atoms with Crippen molar-refractivity contribution in [3.8, 4) is 0 Å². The van der Waals surface area contributed by atoms with E-state index in [1.807, 2.05) is 0 Å². The zero-order chi connectivity index (χ0) is 25.0. The molecule has 0 saturated heterocycles. The molecule has 0 aliphatic rings. The minimum atomic E-state index is 0.234. The molecule has 0 bridgehead atoms. The summed E-state index contributed by atoms with van der Waals surface area (Å²) in [6, 6.07) is 0. The molecule has 0 aliphatic carbocycles. The minimum absolute atomic E-state index is 0.234. The van der Waals surface area contributed by atoms with Gasteiger partial charge in [0.15, 0.2) is 0 Å². The molecule has 0 radical (unpaired) electrons. The zero-order valence-corrected chi connectivity index (χ0v) is 26.7. The molecule has 0 spiro atoms. The Morgan fingerprint density at radius 3 is 0.765 bits per heavy atom. The molecule has 0 saturated carbocycles. The van der Waals surface area contributed by atoms with Gasteiger partial charge in [-0.15, -0.1) is 0 Å². The molecule has 2 heteroatoms. The van der Waals surface area contributed by atoms with E-state index in [0.29, 0.717) is 0 Å². The lowest BCUT2D eigenvalue weighted by Gasteiger charge is -2.34. The first-order chi connectivity index (χ1) is 16.7. The van der Waals surface area contributed by atoms with E-state index in [1.165, 1.54) is 180 Å². The van der Waals surface area contributed by atoms with Gasteiger partial charge in [-0.25, -0.2) is 0 Å². The molecule has 0 aromatic rings. The normalized spacial score (nSPS) is 12.1. The second-order valence-corrected chi connectivity index (χ2v) is 11.8. The van der Waals surface area contributed by atoms with E-state index in [1.54, 1.807) is 0 Å². The van der Waals surface area contributed by atoms with Crippen LogP contribution < -0.4 is 0 Å². The molecule has 0 aromatic heterocycles. The first-order valence-electron chi connectivity index (χ1n) is 16.3. The minimum Gasteiger partial charge on any atom is -0.422 e. The van der Waals surface area contributed by atoms with Crippen LogP contribution in [0.2, 0.25) is 0 Å². The Bertz CT molecular complexity index is 350. The maximum atomic E-state index is 6.47. The van der Waals surface area contributed by atoms with Crippen LogP contribution >= 0.6 is 0 Å². The zero-order valence-electron chi connectivity index (χ0n) is 24.7. The van der Waals surface area contributed by atoms with Gasteiger partial charge in [-0.3, -0.25) is 0 Å². The van der Waals surface area contributed by atoms with Gasteiger partial charge in [0, 0.05) is 0 Å².